The predicted octanol–water partition coefficient (Wildman–Crippen LogP) is 2.25. The molecule has 1 aliphatic heterocycles. The van der Waals surface area contributed by atoms with E-state index in [4.69, 9.17) is 4.98 Å². The molecule has 1 saturated heterocycles. The van der Waals surface area contributed by atoms with E-state index < -0.39 is 0 Å². The van der Waals surface area contributed by atoms with Gasteiger partial charge in [0, 0.05) is 38.2 Å². The summed E-state index contributed by atoms with van der Waals surface area (Å²) in [6, 6.07) is 2.69. The molecule has 0 aliphatic carbocycles. The number of nitrogens with one attached hydrogen (secondary N) is 1. The minimum Gasteiger partial charge on any atom is -0.370 e. The molecule has 0 spiro atoms. The van der Waals surface area contributed by atoms with Gasteiger partial charge < -0.3 is 15.1 Å². The Morgan fingerprint density at radius 2 is 2.05 bits per heavy atom. The summed E-state index contributed by atoms with van der Waals surface area (Å²) in [7, 11) is 4.33. The number of aryl methyl sites for hydroxylation is 1. The van der Waals surface area contributed by atoms with Gasteiger partial charge in [-0.1, -0.05) is 20.8 Å². The van der Waals surface area contributed by atoms with Crippen LogP contribution >= 0.6 is 0 Å². The fourth-order valence-electron chi connectivity index (χ4n) is 2.96. The van der Waals surface area contributed by atoms with Crippen molar-refractivity contribution >= 4 is 11.6 Å². The standard InChI is InChI=1S/C16H29N5/c1-6-8-17-15-9-16(19-14(7-2)18-15)21-10-12(3)13(11-21)20(4)5/h9,12-13H,6-8,10-11H2,1-5H3,(H,17,18,19). The minimum atomic E-state index is 0.595. The maximum Gasteiger partial charge on any atom is 0.134 e. The second kappa shape index (κ2) is 7.07. The Bertz CT molecular complexity index is 460. The third-order valence-electron chi connectivity index (χ3n) is 4.19. The fraction of sp³-hybridized carbons (Fsp3) is 0.750. The van der Waals surface area contributed by atoms with E-state index in [9.17, 15) is 0 Å². The Balaban J connectivity index is 2.19. The predicted molar refractivity (Wildman–Crippen MR) is 89.0 cm³/mol. The molecule has 2 unspecified atom stereocenters. The molecular weight excluding hydrogens is 262 g/mol. The van der Waals surface area contributed by atoms with E-state index in [1.165, 1.54) is 0 Å². The van der Waals surface area contributed by atoms with Gasteiger partial charge in [-0.05, 0) is 26.4 Å². The van der Waals surface area contributed by atoms with Crippen molar-refractivity contribution in [3.63, 3.8) is 0 Å². The summed E-state index contributed by atoms with van der Waals surface area (Å²) in [5.41, 5.74) is 0. The molecule has 0 radical (unpaired) electrons. The molecule has 21 heavy (non-hydrogen) atoms. The molecule has 2 rings (SSSR count). The minimum absolute atomic E-state index is 0.595. The third kappa shape index (κ3) is 3.84. The first-order valence-electron chi connectivity index (χ1n) is 8.08. The Morgan fingerprint density at radius 1 is 1.29 bits per heavy atom. The molecule has 118 valence electrons. The number of rotatable bonds is 6. The Hall–Kier alpha value is -1.36. The highest BCUT2D eigenvalue weighted by atomic mass is 15.3. The van der Waals surface area contributed by atoms with Crippen LogP contribution in [0.2, 0.25) is 0 Å². The number of nitrogens with zero attached hydrogens (tertiary/aromatic N) is 4. The summed E-state index contributed by atoms with van der Waals surface area (Å²) >= 11 is 0. The molecular formula is C16H29N5. The molecule has 0 aromatic carbocycles. The van der Waals surface area contributed by atoms with Crippen LogP contribution in [0.5, 0.6) is 0 Å². The zero-order chi connectivity index (χ0) is 15.4. The van der Waals surface area contributed by atoms with E-state index in [2.05, 4.69) is 61.0 Å². The molecule has 0 amide bonds. The zero-order valence-corrected chi connectivity index (χ0v) is 14.1. The van der Waals surface area contributed by atoms with Gasteiger partial charge in [-0.2, -0.15) is 0 Å². The van der Waals surface area contributed by atoms with Gasteiger partial charge in [0.2, 0.25) is 0 Å². The van der Waals surface area contributed by atoms with Gasteiger partial charge in [0.05, 0.1) is 0 Å². The maximum absolute atomic E-state index is 4.73. The van der Waals surface area contributed by atoms with Crippen LogP contribution in [0.25, 0.3) is 0 Å². The average Bonchev–Trinajstić information content (AvgIpc) is 2.87. The smallest absolute Gasteiger partial charge is 0.134 e. The van der Waals surface area contributed by atoms with E-state index in [0.29, 0.717) is 12.0 Å². The van der Waals surface area contributed by atoms with Crippen LogP contribution in [0, 0.1) is 5.92 Å². The summed E-state index contributed by atoms with van der Waals surface area (Å²) in [6.45, 7) is 9.66. The molecule has 5 heteroatoms. The summed E-state index contributed by atoms with van der Waals surface area (Å²) in [5, 5.41) is 3.39. The molecule has 1 N–H and O–H groups in total. The molecule has 1 aromatic rings. The normalized spacial score (nSPS) is 22.1. The molecule has 0 saturated carbocycles. The van der Waals surface area contributed by atoms with Crippen molar-refractivity contribution in [1.29, 1.82) is 0 Å². The highest BCUT2D eigenvalue weighted by molar-refractivity contribution is 5.50. The average molecular weight is 291 g/mol. The van der Waals surface area contributed by atoms with Gasteiger partial charge in [0.1, 0.15) is 17.5 Å². The summed E-state index contributed by atoms with van der Waals surface area (Å²) in [6.07, 6.45) is 1.97. The van der Waals surface area contributed by atoms with E-state index in [1.54, 1.807) is 0 Å². The van der Waals surface area contributed by atoms with E-state index in [0.717, 1.165) is 49.9 Å². The molecule has 2 atom stereocenters. The lowest BCUT2D eigenvalue weighted by Crippen LogP contribution is -2.34. The highest BCUT2D eigenvalue weighted by Crippen LogP contribution is 2.26. The number of aromatic nitrogens is 2. The molecule has 1 aliphatic rings. The van der Waals surface area contributed by atoms with Gasteiger partial charge >= 0.3 is 0 Å². The topological polar surface area (TPSA) is 44.3 Å². The second-order valence-electron chi connectivity index (χ2n) is 6.22. The SMILES string of the molecule is CCCNc1cc(N2CC(C)C(N(C)C)C2)nc(CC)n1. The zero-order valence-electron chi connectivity index (χ0n) is 14.1. The van der Waals surface area contributed by atoms with Crippen molar-refractivity contribution < 1.29 is 0 Å². The van der Waals surface area contributed by atoms with Crippen molar-refractivity contribution in [3.05, 3.63) is 11.9 Å². The van der Waals surface area contributed by atoms with Gasteiger partial charge in [-0.15, -0.1) is 0 Å². The molecule has 1 fully saturated rings. The van der Waals surface area contributed by atoms with Gasteiger partial charge in [-0.3, -0.25) is 0 Å². The van der Waals surface area contributed by atoms with E-state index >= 15 is 0 Å². The monoisotopic (exact) mass is 291 g/mol. The van der Waals surface area contributed by atoms with Crippen LogP contribution in [0.4, 0.5) is 11.6 Å². The molecule has 5 nitrogen and oxygen atoms in total. The maximum atomic E-state index is 4.73. The lowest BCUT2D eigenvalue weighted by Gasteiger charge is -2.23. The first kappa shape index (κ1) is 16.0. The van der Waals surface area contributed by atoms with Gasteiger partial charge in [0.15, 0.2) is 0 Å². The van der Waals surface area contributed by atoms with Crippen LogP contribution < -0.4 is 10.2 Å². The van der Waals surface area contributed by atoms with Crippen LogP contribution in [0.3, 0.4) is 0 Å². The van der Waals surface area contributed by atoms with Crippen molar-refractivity contribution in [3.8, 4) is 0 Å². The van der Waals surface area contributed by atoms with Crippen LogP contribution in [0.15, 0.2) is 6.07 Å². The van der Waals surface area contributed by atoms with E-state index in [1.807, 2.05) is 0 Å². The first-order chi connectivity index (χ1) is 10.0. The molecule has 0 bridgehead atoms. The van der Waals surface area contributed by atoms with Crippen molar-refractivity contribution in [1.82, 2.24) is 14.9 Å². The second-order valence-corrected chi connectivity index (χ2v) is 6.22. The van der Waals surface area contributed by atoms with Crippen LogP contribution in [-0.4, -0.2) is 54.6 Å². The van der Waals surface area contributed by atoms with Crippen LogP contribution in [0.1, 0.15) is 33.0 Å². The summed E-state index contributed by atoms with van der Waals surface area (Å²) in [4.78, 5) is 14.0. The number of anilines is 2. The number of hydrogen-bond donors (Lipinski definition) is 1. The fourth-order valence-corrected chi connectivity index (χ4v) is 2.96. The van der Waals surface area contributed by atoms with E-state index in [-0.39, 0.29) is 0 Å². The third-order valence-corrected chi connectivity index (χ3v) is 4.19. The number of hydrogen-bond acceptors (Lipinski definition) is 5. The van der Waals surface area contributed by atoms with Crippen molar-refractivity contribution in [2.45, 2.75) is 39.7 Å². The molecule has 2 heterocycles. The van der Waals surface area contributed by atoms with Crippen molar-refractivity contribution in [2.75, 3.05) is 43.9 Å². The lowest BCUT2D eigenvalue weighted by atomic mass is 10.1. The first-order valence-corrected chi connectivity index (χ1v) is 8.08. The highest BCUT2D eigenvalue weighted by Gasteiger charge is 2.31. The summed E-state index contributed by atoms with van der Waals surface area (Å²) < 4.78 is 0. The molecule has 1 aromatic heterocycles. The summed E-state index contributed by atoms with van der Waals surface area (Å²) in [5.74, 6) is 3.61. The largest absolute Gasteiger partial charge is 0.370 e. The van der Waals surface area contributed by atoms with Crippen molar-refractivity contribution in [2.24, 2.45) is 5.92 Å². The van der Waals surface area contributed by atoms with Gasteiger partial charge in [0.25, 0.3) is 0 Å². The van der Waals surface area contributed by atoms with Crippen LogP contribution in [-0.2, 0) is 6.42 Å². The number of likely N-dealkylation sites (N-methyl/N-ethyl adjacent to an activating group) is 1. The Kier molecular flexibility index (Phi) is 5.39. The quantitative estimate of drug-likeness (QED) is 0.871. The lowest BCUT2D eigenvalue weighted by molar-refractivity contribution is 0.266. The van der Waals surface area contributed by atoms with Gasteiger partial charge in [-0.25, -0.2) is 9.97 Å². The Labute approximate surface area is 128 Å². The Morgan fingerprint density at radius 3 is 2.62 bits per heavy atom.